The fourth-order valence-electron chi connectivity index (χ4n) is 1.50. The van der Waals surface area contributed by atoms with Gasteiger partial charge in [0.15, 0.2) is 5.65 Å². The minimum atomic E-state index is 0.649. The van der Waals surface area contributed by atoms with Gasteiger partial charge < -0.3 is 0 Å². The van der Waals surface area contributed by atoms with Gasteiger partial charge >= 0.3 is 0 Å². The fourth-order valence-corrected chi connectivity index (χ4v) is 1.68. The summed E-state index contributed by atoms with van der Waals surface area (Å²) in [5, 5.41) is 3.68. The summed E-state index contributed by atoms with van der Waals surface area (Å²) in [5.41, 5.74) is 2.78. The lowest BCUT2D eigenvalue weighted by Gasteiger charge is -1.87. The van der Waals surface area contributed by atoms with E-state index in [1.165, 1.54) is 0 Å². The predicted octanol–water partition coefficient (Wildman–Crippen LogP) is 2.47. The zero-order valence-corrected chi connectivity index (χ0v) is 7.42. The molecule has 2 aromatic heterocycles. The van der Waals surface area contributed by atoms with E-state index < -0.39 is 0 Å². The number of para-hydroxylation sites is 2. The largest absolute Gasteiger partial charge is 0.298 e. The van der Waals surface area contributed by atoms with Crippen molar-refractivity contribution >= 4 is 28.3 Å². The summed E-state index contributed by atoms with van der Waals surface area (Å²) in [6.07, 6.45) is 1.73. The molecule has 3 nitrogen and oxygen atoms in total. The lowest BCUT2D eigenvalue weighted by molar-refractivity contribution is 1.01. The first-order chi connectivity index (χ1) is 6.36. The summed E-state index contributed by atoms with van der Waals surface area (Å²) in [4.78, 5) is 4.37. The molecule has 0 unspecified atom stereocenters. The molecule has 4 heteroatoms. The second kappa shape index (κ2) is 2.26. The number of benzene rings is 1. The Kier molecular flexibility index (Phi) is 1.21. The Labute approximate surface area is 78.9 Å². The van der Waals surface area contributed by atoms with Crippen molar-refractivity contribution in [2.45, 2.75) is 0 Å². The van der Waals surface area contributed by atoms with E-state index in [2.05, 4.69) is 10.1 Å². The molecule has 3 rings (SSSR count). The topological polar surface area (TPSA) is 33.1 Å². The Balaban J connectivity index is 2.64. The Morgan fingerprint density at radius 3 is 3.08 bits per heavy atom. The maximum absolute atomic E-state index is 5.93. The SMILES string of the molecule is Clc1c[nH]n2c1nc1ccccc12. The summed E-state index contributed by atoms with van der Waals surface area (Å²) in [7, 11) is 0. The number of nitrogens with zero attached hydrogens (tertiary/aromatic N) is 2. The first kappa shape index (κ1) is 6.97. The zero-order chi connectivity index (χ0) is 8.84. The minimum absolute atomic E-state index is 0.649. The van der Waals surface area contributed by atoms with Crippen molar-refractivity contribution in [1.29, 1.82) is 0 Å². The smallest absolute Gasteiger partial charge is 0.173 e. The predicted molar refractivity (Wildman–Crippen MR) is 52.1 cm³/mol. The van der Waals surface area contributed by atoms with Gasteiger partial charge in [-0.1, -0.05) is 23.7 Å². The molecule has 0 saturated heterocycles. The number of rotatable bonds is 0. The second-order valence-corrected chi connectivity index (χ2v) is 3.29. The maximum Gasteiger partial charge on any atom is 0.173 e. The van der Waals surface area contributed by atoms with E-state index in [-0.39, 0.29) is 0 Å². The summed E-state index contributed by atoms with van der Waals surface area (Å²) < 4.78 is 1.87. The highest BCUT2D eigenvalue weighted by atomic mass is 35.5. The molecule has 13 heavy (non-hydrogen) atoms. The van der Waals surface area contributed by atoms with Crippen LogP contribution in [-0.2, 0) is 0 Å². The third-order valence-corrected chi connectivity index (χ3v) is 2.37. The van der Waals surface area contributed by atoms with Crippen LogP contribution in [0, 0.1) is 0 Å². The highest BCUT2D eigenvalue weighted by Gasteiger charge is 2.07. The van der Waals surface area contributed by atoms with Gasteiger partial charge in [-0.05, 0) is 12.1 Å². The number of hydrogen-bond acceptors (Lipinski definition) is 1. The zero-order valence-electron chi connectivity index (χ0n) is 6.66. The average Bonchev–Trinajstić information content (AvgIpc) is 2.67. The summed E-state index contributed by atoms with van der Waals surface area (Å²) in [6, 6.07) is 7.91. The van der Waals surface area contributed by atoms with E-state index in [0.29, 0.717) is 5.02 Å². The van der Waals surface area contributed by atoms with E-state index >= 15 is 0 Å². The number of aromatic nitrogens is 3. The van der Waals surface area contributed by atoms with Gasteiger partial charge in [-0.3, -0.25) is 5.10 Å². The number of hydrogen-bond donors (Lipinski definition) is 1. The van der Waals surface area contributed by atoms with Gasteiger partial charge in [0, 0.05) is 6.20 Å². The van der Waals surface area contributed by atoms with Gasteiger partial charge in [-0.15, -0.1) is 0 Å². The molecule has 0 aliphatic carbocycles. The van der Waals surface area contributed by atoms with Crippen LogP contribution in [0.15, 0.2) is 30.5 Å². The normalized spacial score (nSPS) is 11.5. The van der Waals surface area contributed by atoms with Crippen molar-refractivity contribution in [3.05, 3.63) is 35.5 Å². The van der Waals surface area contributed by atoms with Crippen molar-refractivity contribution in [2.75, 3.05) is 0 Å². The molecule has 1 aromatic carbocycles. The van der Waals surface area contributed by atoms with Crippen LogP contribution < -0.4 is 0 Å². The van der Waals surface area contributed by atoms with E-state index in [1.807, 2.05) is 28.8 Å². The van der Waals surface area contributed by atoms with E-state index in [0.717, 1.165) is 16.7 Å². The molecule has 0 saturated carbocycles. The third-order valence-electron chi connectivity index (χ3n) is 2.09. The molecule has 64 valence electrons. The number of imidazole rings is 1. The molecule has 2 heterocycles. The second-order valence-electron chi connectivity index (χ2n) is 2.88. The Morgan fingerprint density at radius 1 is 1.31 bits per heavy atom. The van der Waals surface area contributed by atoms with Gasteiger partial charge in [-0.25, -0.2) is 9.50 Å². The van der Waals surface area contributed by atoms with Crippen molar-refractivity contribution in [3.8, 4) is 0 Å². The quantitative estimate of drug-likeness (QED) is 0.582. The summed E-state index contributed by atoms with van der Waals surface area (Å²) in [5.74, 6) is 0. The Hall–Kier alpha value is -1.48. The standard InChI is InChI=1S/C9H6ClN3/c10-6-5-11-13-8-4-2-1-3-7(8)12-9(6)13/h1-5,11H. The first-order valence-electron chi connectivity index (χ1n) is 3.96. The van der Waals surface area contributed by atoms with Gasteiger partial charge in [0.2, 0.25) is 0 Å². The third kappa shape index (κ3) is 0.820. The molecule has 0 bridgehead atoms. The molecular weight excluding hydrogens is 186 g/mol. The molecule has 1 N–H and O–H groups in total. The molecule has 3 aromatic rings. The van der Waals surface area contributed by atoms with Crippen molar-refractivity contribution < 1.29 is 0 Å². The highest BCUT2D eigenvalue weighted by Crippen LogP contribution is 2.21. The minimum Gasteiger partial charge on any atom is -0.298 e. The van der Waals surface area contributed by atoms with Crippen LogP contribution in [0.5, 0.6) is 0 Å². The van der Waals surface area contributed by atoms with Crippen LogP contribution in [0.4, 0.5) is 0 Å². The van der Waals surface area contributed by atoms with Crippen LogP contribution in [0.2, 0.25) is 5.02 Å². The van der Waals surface area contributed by atoms with E-state index in [9.17, 15) is 0 Å². The Bertz CT molecular complexity index is 579. The Morgan fingerprint density at radius 2 is 2.15 bits per heavy atom. The van der Waals surface area contributed by atoms with E-state index in [1.54, 1.807) is 6.20 Å². The van der Waals surface area contributed by atoms with Gasteiger partial charge in [0.25, 0.3) is 0 Å². The van der Waals surface area contributed by atoms with Gasteiger partial charge in [0.05, 0.1) is 11.0 Å². The number of fused-ring (bicyclic) bond motifs is 3. The molecule has 0 spiro atoms. The lowest BCUT2D eigenvalue weighted by atomic mass is 10.3. The molecule has 0 amide bonds. The fraction of sp³-hybridized carbons (Fsp3) is 0. The van der Waals surface area contributed by atoms with Crippen molar-refractivity contribution in [2.24, 2.45) is 0 Å². The lowest BCUT2D eigenvalue weighted by Crippen LogP contribution is -1.80. The molecule has 0 aliphatic heterocycles. The average molecular weight is 192 g/mol. The maximum atomic E-state index is 5.93. The summed E-state index contributed by atoms with van der Waals surface area (Å²) >= 11 is 5.93. The van der Waals surface area contributed by atoms with Crippen LogP contribution in [0.1, 0.15) is 0 Å². The van der Waals surface area contributed by atoms with Crippen LogP contribution in [0.3, 0.4) is 0 Å². The van der Waals surface area contributed by atoms with Crippen molar-refractivity contribution in [3.63, 3.8) is 0 Å². The molecule has 0 atom stereocenters. The van der Waals surface area contributed by atoms with Gasteiger partial charge in [-0.2, -0.15) is 0 Å². The van der Waals surface area contributed by atoms with Crippen LogP contribution in [-0.4, -0.2) is 14.6 Å². The molecule has 0 fully saturated rings. The first-order valence-corrected chi connectivity index (χ1v) is 4.34. The monoisotopic (exact) mass is 191 g/mol. The molecular formula is C9H6ClN3. The highest BCUT2D eigenvalue weighted by molar-refractivity contribution is 6.33. The van der Waals surface area contributed by atoms with Crippen LogP contribution in [0.25, 0.3) is 16.7 Å². The molecule has 0 radical (unpaired) electrons. The number of nitrogens with one attached hydrogen (secondary N) is 1. The van der Waals surface area contributed by atoms with Crippen molar-refractivity contribution in [1.82, 2.24) is 14.6 Å². The number of H-pyrrole nitrogens is 1. The summed E-state index contributed by atoms with van der Waals surface area (Å²) in [6.45, 7) is 0. The molecule has 0 aliphatic rings. The van der Waals surface area contributed by atoms with Gasteiger partial charge in [0.1, 0.15) is 5.02 Å². The van der Waals surface area contributed by atoms with E-state index in [4.69, 9.17) is 11.6 Å². The van der Waals surface area contributed by atoms with Crippen LogP contribution >= 0.6 is 11.6 Å². The number of aromatic amines is 1. The number of halogens is 1.